The Labute approximate surface area is 125 Å². The molecule has 2 rings (SSSR count). The smallest absolute Gasteiger partial charge is 0.339 e. The largest absolute Gasteiger partial charge is 0.465 e. The molecule has 0 unspecified atom stereocenters. The van der Waals surface area contributed by atoms with Gasteiger partial charge in [-0.15, -0.1) is 0 Å². The maximum Gasteiger partial charge on any atom is 0.339 e. The number of halogens is 1. The summed E-state index contributed by atoms with van der Waals surface area (Å²) in [6.07, 6.45) is 2.29. The third-order valence-corrected chi connectivity index (χ3v) is 4.10. The van der Waals surface area contributed by atoms with Crippen LogP contribution in [0, 0.1) is 0 Å². The Morgan fingerprint density at radius 3 is 2.85 bits per heavy atom. The molecule has 0 aliphatic rings. The van der Waals surface area contributed by atoms with Gasteiger partial charge in [-0.1, -0.05) is 29.4 Å². The number of esters is 1. The van der Waals surface area contributed by atoms with Crippen LogP contribution >= 0.6 is 23.4 Å². The second kappa shape index (κ2) is 6.54. The number of hydrogen-bond acceptors (Lipinski definition) is 5. The van der Waals surface area contributed by atoms with Gasteiger partial charge in [0.2, 0.25) is 0 Å². The van der Waals surface area contributed by atoms with E-state index >= 15 is 0 Å². The van der Waals surface area contributed by atoms with Gasteiger partial charge < -0.3 is 4.74 Å². The van der Waals surface area contributed by atoms with Crippen molar-refractivity contribution in [3.05, 3.63) is 52.7 Å². The van der Waals surface area contributed by atoms with Crippen molar-refractivity contribution in [3.8, 4) is 0 Å². The number of carbonyl (C=O) groups excluding carboxylic acids is 2. The number of ether oxygens (including phenoxy) is 1. The molecule has 1 heterocycles. The maximum absolute atomic E-state index is 11.7. The van der Waals surface area contributed by atoms with Crippen LogP contribution in [0.5, 0.6) is 0 Å². The molecular formula is C14H10ClNO3S. The molecular weight excluding hydrogens is 298 g/mol. The summed E-state index contributed by atoms with van der Waals surface area (Å²) in [6, 6.07) is 8.26. The van der Waals surface area contributed by atoms with E-state index in [2.05, 4.69) is 4.98 Å². The number of rotatable bonds is 4. The highest BCUT2D eigenvalue weighted by atomic mass is 35.5. The number of aromatic nitrogens is 1. The molecule has 20 heavy (non-hydrogen) atoms. The van der Waals surface area contributed by atoms with Gasteiger partial charge in [-0.25, -0.2) is 9.78 Å². The van der Waals surface area contributed by atoms with Gasteiger partial charge in [0.05, 0.1) is 17.7 Å². The third-order valence-electron chi connectivity index (χ3n) is 2.50. The maximum atomic E-state index is 11.7. The van der Waals surface area contributed by atoms with Crippen molar-refractivity contribution in [2.75, 3.05) is 7.11 Å². The second-order valence-electron chi connectivity index (χ2n) is 3.73. The highest BCUT2D eigenvalue weighted by Crippen LogP contribution is 2.36. The molecule has 6 heteroatoms. The zero-order chi connectivity index (χ0) is 14.5. The number of methoxy groups -OCH3 is 1. The van der Waals surface area contributed by atoms with Crippen LogP contribution in [0.4, 0.5) is 0 Å². The Bertz CT molecular complexity index is 661. The van der Waals surface area contributed by atoms with Crippen molar-refractivity contribution in [1.29, 1.82) is 0 Å². The summed E-state index contributed by atoms with van der Waals surface area (Å²) in [5, 5.41) is 0.890. The summed E-state index contributed by atoms with van der Waals surface area (Å²) < 4.78 is 4.73. The van der Waals surface area contributed by atoms with E-state index in [1.54, 1.807) is 36.5 Å². The predicted molar refractivity (Wildman–Crippen MR) is 76.5 cm³/mol. The van der Waals surface area contributed by atoms with Crippen LogP contribution in [0.3, 0.4) is 0 Å². The van der Waals surface area contributed by atoms with Crippen molar-refractivity contribution < 1.29 is 14.3 Å². The van der Waals surface area contributed by atoms with E-state index in [0.717, 1.165) is 11.8 Å². The van der Waals surface area contributed by atoms with E-state index < -0.39 is 5.97 Å². The first-order valence-electron chi connectivity index (χ1n) is 5.62. The van der Waals surface area contributed by atoms with E-state index in [-0.39, 0.29) is 0 Å². The minimum absolute atomic E-state index is 0.340. The number of benzene rings is 1. The molecule has 4 nitrogen and oxygen atoms in total. The highest BCUT2D eigenvalue weighted by Gasteiger charge is 2.17. The molecule has 1 aromatic heterocycles. The molecule has 0 saturated carbocycles. The van der Waals surface area contributed by atoms with Crippen LogP contribution < -0.4 is 0 Å². The normalized spacial score (nSPS) is 10.1. The SMILES string of the molecule is COC(=O)c1cccc(Cl)c1Sc1ncccc1C=O. The fourth-order valence-electron chi connectivity index (χ4n) is 1.56. The summed E-state index contributed by atoms with van der Waals surface area (Å²) >= 11 is 7.29. The van der Waals surface area contributed by atoms with Crippen molar-refractivity contribution in [2.24, 2.45) is 0 Å². The lowest BCUT2D eigenvalue weighted by Crippen LogP contribution is -2.03. The topological polar surface area (TPSA) is 56.3 Å². The summed E-state index contributed by atoms with van der Waals surface area (Å²) in [5.41, 5.74) is 0.778. The van der Waals surface area contributed by atoms with E-state index in [1.165, 1.54) is 7.11 Å². The lowest BCUT2D eigenvalue weighted by atomic mass is 10.2. The molecule has 0 radical (unpaired) electrons. The molecule has 0 amide bonds. The quantitative estimate of drug-likeness (QED) is 0.639. The van der Waals surface area contributed by atoms with Crippen molar-refractivity contribution >= 4 is 35.6 Å². The Hall–Kier alpha value is -1.85. The number of aldehydes is 1. The molecule has 0 aliphatic heterocycles. The molecule has 0 aliphatic carbocycles. The van der Waals surface area contributed by atoms with Crippen LogP contribution in [0.25, 0.3) is 0 Å². The van der Waals surface area contributed by atoms with Crippen LogP contribution in [0.15, 0.2) is 46.5 Å². The Morgan fingerprint density at radius 2 is 2.15 bits per heavy atom. The van der Waals surface area contributed by atoms with E-state index in [9.17, 15) is 9.59 Å². The third kappa shape index (κ3) is 3.00. The number of nitrogens with zero attached hydrogens (tertiary/aromatic N) is 1. The first-order chi connectivity index (χ1) is 9.67. The molecule has 0 atom stereocenters. The lowest BCUT2D eigenvalue weighted by Gasteiger charge is -2.09. The predicted octanol–water partition coefficient (Wildman–Crippen LogP) is 3.49. The molecule has 2 aromatic rings. The molecule has 0 fully saturated rings. The van der Waals surface area contributed by atoms with Crippen LogP contribution in [-0.4, -0.2) is 24.3 Å². The summed E-state index contributed by atoms with van der Waals surface area (Å²) in [4.78, 5) is 27.4. The van der Waals surface area contributed by atoms with Gasteiger partial charge in [-0.05, 0) is 24.3 Å². The van der Waals surface area contributed by atoms with Gasteiger partial charge in [0.1, 0.15) is 5.03 Å². The fourth-order valence-corrected chi connectivity index (χ4v) is 2.82. The zero-order valence-corrected chi connectivity index (χ0v) is 12.1. The van der Waals surface area contributed by atoms with E-state index in [0.29, 0.717) is 32.4 Å². The number of hydrogen-bond donors (Lipinski definition) is 0. The first kappa shape index (κ1) is 14.6. The van der Waals surface area contributed by atoms with Crippen LogP contribution in [-0.2, 0) is 4.74 Å². The van der Waals surface area contributed by atoms with Gasteiger partial charge in [0, 0.05) is 16.7 Å². The minimum atomic E-state index is -0.487. The van der Waals surface area contributed by atoms with Gasteiger partial charge in [-0.2, -0.15) is 0 Å². The Morgan fingerprint density at radius 1 is 1.35 bits per heavy atom. The van der Waals surface area contributed by atoms with Crippen molar-refractivity contribution in [1.82, 2.24) is 4.98 Å². The Balaban J connectivity index is 2.48. The number of pyridine rings is 1. The average Bonchev–Trinajstić information content (AvgIpc) is 2.49. The zero-order valence-electron chi connectivity index (χ0n) is 10.5. The summed E-state index contributed by atoms with van der Waals surface area (Å²) in [6.45, 7) is 0. The average molecular weight is 308 g/mol. The van der Waals surface area contributed by atoms with Gasteiger partial charge in [-0.3, -0.25) is 4.79 Å². The lowest BCUT2D eigenvalue weighted by molar-refractivity contribution is 0.0596. The minimum Gasteiger partial charge on any atom is -0.465 e. The van der Waals surface area contributed by atoms with Crippen molar-refractivity contribution in [2.45, 2.75) is 9.92 Å². The Kier molecular flexibility index (Phi) is 4.76. The monoisotopic (exact) mass is 307 g/mol. The first-order valence-corrected chi connectivity index (χ1v) is 6.81. The fraction of sp³-hybridized carbons (Fsp3) is 0.0714. The van der Waals surface area contributed by atoms with E-state index in [4.69, 9.17) is 16.3 Å². The molecule has 0 spiro atoms. The molecule has 0 saturated heterocycles. The van der Waals surface area contributed by atoms with Gasteiger partial charge >= 0.3 is 5.97 Å². The second-order valence-corrected chi connectivity index (χ2v) is 5.13. The molecule has 0 bridgehead atoms. The summed E-state index contributed by atoms with van der Waals surface area (Å²) in [5.74, 6) is -0.487. The van der Waals surface area contributed by atoms with Gasteiger partial charge in [0.15, 0.2) is 6.29 Å². The summed E-state index contributed by atoms with van der Waals surface area (Å²) in [7, 11) is 1.30. The molecule has 102 valence electrons. The molecule has 0 N–H and O–H groups in total. The van der Waals surface area contributed by atoms with Crippen LogP contribution in [0.2, 0.25) is 5.02 Å². The van der Waals surface area contributed by atoms with E-state index in [1.807, 2.05) is 0 Å². The standard InChI is InChI=1S/C14H10ClNO3S/c1-19-14(18)10-5-2-6-11(15)12(10)20-13-9(8-17)4-3-7-16-13/h2-8H,1H3. The number of carbonyl (C=O) groups is 2. The molecule has 1 aromatic carbocycles. The van der Waals surface area contributed by atoms with Crippen molar-refractivity contribution in [3.63, 3.8) is 0 Å². The van der Waals surface area contributed by atoms with Gasteiger partial charge in [0.25, 0.3) is 0 Å². The van der Waals surface area contributed by atoms with Crippen LogP contribution in [0.1, 0.15) is 20.7 Å². The highest BCUT2D eigenvalue weighted by molar-refractivity contribution is 7.99.